The van der Waals surface area contributed by atoms with Crippen LogP contribution in [0.2, 0.25) is 0 Å². The van der Waals surface area contributed by atoms with Gasteiger partial charge in [-0.05, 0) is 19.4 Å². The number of nitrogens with one attached hydrogen (secondary N) is 1. The van der Waals surface area contributed by atoms with Crippen LogP contribution in [0.15, 0.2) is 17.0 Å². The molecule has 2 aromatic heterocycles. The van der Waals surface area contributed by atoms with Crippen molar-refractivity contribution < 1.29 is 4.52 Å². The van der Waals surface area contributed by atoms with Crippen molar-refractivity contribution in [3.05, 3.63) is 18.4 Å². The van der Waals surface area contributed by atoms with E-state index in [1.54, 1.807) is 12.5 Å². The SMILES string of the molecule is CCNC1CCCCC1c1nc(-c2cncn2C)no1. The molecule has 3 rings (SSSR count). The number of hydrogen-bond acceptors (Lipinski definition) is 5. The maximum atomic E-state index is 5.52. The van der Waals surface area contributed by atoms with Crippen LogP contribution in [0.25, 0.3) is 11.5 Å². The quantitative estimate of drug-likeness (QED) is 0.925. The van der Waals surface area contributed by atoms with E-state index in [4.69, 9.17) is 4.52 Å². The van der Waals surface area contributed by atoms with Crippen LogP contribution >= 0.6 is 0 Å². The molecule has 2 atom stereocenters. The molecule has 1 saturated carbocycles. The van der Waals surface area contributed by atoms with Gasteiger partial charge in [0.15, 0.2) is 0 Å². The number of hydrogen-bond donors (Lipinski definition) is 1. The van der Waals surface area contributed by atoms with Gasteiger partial charge < -0.3 is 14.4 Å². The largest absolute Gasteiger partial charge is 0.339 e. The monoisotopic (exact) mass is 275 g/mol. The molecule has 6 nitrogen and oxygen atoms in total. The third kappa shape index (κ3) is 2.47. The molecule has 0 saturated heterocycles. The van der Waals surface area contributed by atoms with E-state index in [0.29, 0.717) is 17.8 Å². The third-order valence-corrected chi connectivity index (χ3v) is 4.04. The van der Waals surface area contributed by atoms with Gasteiger partial charge in [0.25, 0.3) is 0 Å². The number of aryl methyl sites for hydroxylation is 1. The third-order valence-electron chi connectivity index (χ3n) is 4.04. The fourth-order valence-corrected chi connectivity index (χ4v) is 3.00. The zero-order valence-corrected chi connectivity index (χ0v) is 12.0. The molecule has 6 heteroatoms. The Hall–Kier alpha value is -1.69. The van der Waals surface area contributed by atoms with E-state index in [-0.39, 0.29) is 0 Å². The fourth-order valence-electron chi connectivity index (χ4n) is 3.00. The summed E-state index contributed by atoms with van der Waals surface area (Å²) in [6.07, 6.45) is 8.31. The van der Waals surface area contributed by atoms with Gasteiger partial charge in [-0.1, -0.05) is 24.9 Å². The van der Waals surface area contributed by atoms with Crippen LogP contribution in [-0.2, 0) is 7.05 Å². The molecule has 0 spiro atoms. The second kappa shape index (κ2) is 5.75. The summed E-state index contributed by atoms with van der Waals surface area (Å²) in [5.74, 6) is 1.71. The Kier molecular flexibility index (Phi) is 3.82. The van der Waals surface area contributed by atoms with Crippen molar-refractivity contribution >= 4 is 0 Å². The topological polar surface area (TPSA) is 68.8 Å². The first-order valence-electron chi connectivity index (χ1n) is 7.33. The van der Waals surface area contributed by atoms with E-state index >= 15 is 0 Å². The van der Waals surface area contributed by atoms with Crippen LogP contribution in [0.4, 0.5) is 0 Å². The van der Waals surface area contributed by atoms with Crippen molar-refractivity contribution in [1.82, 2.24) is 25.0 Å². The molecule has 0 radical (unpaired) electrons. The van der Waals surface area contributed by atoms with Gasteiger partial charge >= 0.3 is 0 Å². The Bertz CT molecular complexity index is 559. The molecule has 2 heterocycles. The molecular weight excluding hydrogens is 254 g/mol. The van der Waals surface area contributed by atoms with Crippen molar-refractivity contribution in [1.29, 1.82) is 0 Å². The predicted molar refractivity (Wildman–Crippen MR) is 75.2 cm³/mol. The van der Waals surface area contributed by atoms with E-state index < -0.39 is 0 Å². The smallest absolute Gasteiger partial charge is 0.231 e. The molecule has 1 aliphatic carbocycles. The zero-order valence-electron chi connectivity index (χ0n) is 12.0. The lowest BCUT2D eigenvalue weighted by atomic mass is 9.84. The van der Waals surface area contributed by atoms with E-state index in [9.17, 15) is 0 Å². The first-order chi connectivity index (χ1) is 9.79. The lowest BCUT2D eigenvalue weighted by Crippen LogP contribution is -2.37. The van der Waals surface area contributed by atoms with Crippen molar-refractivity contribution in [2.24, 2.45) is 7.05 Å². The van der Waals surface area contributed by atoms with Crippen LogP contribution in [0, 0.1) is 0 Å². The number of aromatic nitrogens is 4. The summed E-state index contributed by atoms with van der Waals surface area (Å²) in [5.41, 5.74) is 0.885. The van der Waals surface area contributed by atoms with Crippen LogP contribution in [-0.4, -0.2) is 32.3 Å². The fraction of sp³-hybridized carbons (Fsp3) is 0.643. The number of nitrogens with zero attached hydrogens (tertiary/aromatic N) is 4. The second-order valence-electron chi connectivity index (χ2n) is 5.40. The summed E-state index contributed by atoms with van der Waals surface area (Å²) in [6.45, 7) is 3.12. The Morgan fingerprint density at radius 1 is 1.40 bits per heavy atom. The Morgan fingerprint density at radius 2 is 2.25 bits per heavy atom. The molecule has 0 aliphatic heterocycles. The zero-order chi connectivity index (χ0) is 13.9. The second-order valence-corrected chi connectivity index (χ2v) is 5.40. The highest BCUT2D eigenvalue weighted by Crippen LogP contribution is 2.33. The van der Waals surface area contributed by atoms with Crippen molar-refractivity contribution in [3.8, 4) is 11.5 Å². The van der Waals surface area contributed by atoms with Crippen molar-refractivity contribution in [3.63, 3.8) is 0 Å². The highest BCUT2D eigenvalue weighted by Gasteiger charge is 2.30. The summed E-state index contributed by atoms with van der Waals surface area (Å²) in [4.78, 5) is 8.68. The van der Waals surface area contributed by atoms with Gasteiger partial charge in [-0.25, -0.2) is 4.98 Å². The maximum Gasteiger partial charge on any atom is 0.231 e. The minimum absolute atomic E-state index is 0.332. The van der Waals surface area contributed by atoms with Crippen LogP contribution < -0.4 is 5.32 Å². The van der Waals surface area contributed by atoms with E-state index in [0.717, 1.165) is 24.6 Å². The summed E-state index contributed by atoms with van der Waals surface area (Å²) < 4.78 is 7.42. The molecule has 0 aromatic carbocycles. The van der Waals surface area contributed by atoms with E-state index in [1.165, 1.54) is 19.3 Å². The van der Waals surface area contributed by atoms with Gasteiger partial charge in [-0.3, -0.25) is 0 Å². The average Bonchev–Trinajstić information content (AvgIpc) is 3.08. The van der Waals surface area contributed by atoms with Crippen molar-refractivity contribution in [2.75, 3.05) is 6.54 Å². The lowest BCUT2D eigenvalue weighted by Gasteiger charge is -2.29. The highest BCUT2D eigenvalue weighted by atomic mass is 16.5. The van der Waals surface area contributed by atoms with Crippen molar-refractivity contribution in [2.45, 2.75) is 44.6 Å². The molecule has 1 aliphatic rings. The van der Waals surface area contributed by atoms with Gasteiger partial charge in [-0.15, -0.1) is 0 Å². The van der Waals surface area contributed by atoms with Gasteiger partial charge in [0.05, 0.1) is 18.4 Å². The van der Waals surface area contributed by atoms with Gasteiger partial charge in [0.1, 0.15) is 5.69 Å². The maximum absolute atomic E-state index is 5.52. The Labute approximate surface area is 118 Å². The predicted octanol–water partition coefficient (Wildman–Crippen LogP) is 2.11. The lowest BCUT2D eigenvalue weighted by molar-refractivity contribution is 0.265. The minimum atomic E-state index is 0.332. The van der Waals surface area contributed by atoms with Crippen LogP contribution in [0.5, 0.6) is 0 Å². The number of rotatable bonds is 4. The first kappa shape index (κ1) is 13.3. The van der Waals surface area contributed by atoms with Gasteiger partial charge in [-0.2, -0.15) is 4.98 Å². The van der Waals surface area contributed by atoms with E-state index in [1.807, 2.05) is 11.6 Å². The molecule has 108 valence electrons. The molecule has 1 fully saturated rings. The Balaban J connectivity index is 1.83. The van der Waals surface area contributed by atoms with Gasteiger partial charge in [0.2, 0.25) is 11.7 Å². The Morgan fingerprint density at radius 3 is 3.00 bits per heavy atom. The molecule has 2 aromatic rings. The normalized spacial score (nSPS) is 23.1. The molecule has 1 N–H and O–H groups in total. The average molecular weight is 275 g/mol. The minimum Gasteiger partial charge on any atom is -0.339 e. The standard InChI is InChI=1S/C14H21N5O/c1-3-16-11-7-5-4-6-10(11)14-17-13(18-20-14)12-8-15-9-19(12)2/h8-11,16H,3-7H2,1-2H3. The molecular formula is C14H21N5O. The molecule has 0 amide bonds. The number of likely N-dealkylation sites (N-methyl/N-ethyl adjacent to an activating group) is 1. The highest BCUT2D eigenvalue weighted by molar-refractivity contribution is 5.47. The summed E-state index contributed by atoms with van der Waals surface area (Å²) in [5, 5.41) is 7.66. The molecule has 2 unspecified atom stereocenters. The number of imidazole rings is 1. The molecule has 0 bridgehead atoms. The first-order valence-corrected chi connectivity index (χ1v) is 7.33. The summed E-state index contributed by atoms with van der Waals surface area (Å²) in [6, 6.07) is 0.452. The van der Waals surface area contributed by atoms with Crippen LogP contribution in [0.1, 0.15) is 44.4 Å². The summed E-state index contributed by atoms with van der Waals surface area (Å²) in [7, 11) is 1.93. The summed E-state index contributed by atoms with van der Waals surface area (Å²) >= 11 is 0. The molecule has 20 heavy (non-hydrogen) atoms. The van der Waals surface area contributed by atoms with Gasteiger partial charge in [0, 0.05) is 13.1 Å². The van der Waals surface area contributed by atoms with E-state index in [2.05, 4.69) is 27.4 Å². The van der Waals surface area contributed by atoms with Crippen LogP contribution in [0.3, 0.4) is 0 Å².